The van der Waals surface area contributed by atoms with Gasteiger partial charge in [0.05, 0.1) is 5.38 Å². The first-order valence-electron chi connectivity index (χ1n) is 3.62. The number of dihydropyridines is 1. The molecule has 1 unspecified atom stereocenters. The highest BCUT2D eigenvalue weighted by Crippen LogP contribution is 2.21. The molecule has 0 aromatic heterocycles. The van der Waals surface area contributed by atoms with Gasteiger partial charge in [0.25, 0.3) is 5.91 Å². The summed E-state index contributed by atoms with van der Waals surface area (Å²) in [5.74, 6) is -2.00. The first-order valence-corrected chi connectivity index (χ1v) is 4.06. The predicted octanol–water partition coefficient (Wildman–Crippen LogP) is 0.996. The molecule has 5 heteroatoms. The van der Waals surface area contributed by atoms with Gasteiger partial charge in [-0.15, -0.1) is 11.6 Å². The summed E-state index contributed by atoms with van der Waals surface area (Å²) < 4.78 is 0. The van der Waals surface area contributed by atoms with Gasteiger partial charge in [0.1, 0.15) is 5.57 Å². The lowest BCUT2D eigenvalue weighted by molar-refractivity contribution is -0.134. The minimum Gasteiger partial charge on any atom is -0.477 e. The van der Waals surface area contributed by atoms with Crippen LogP contribution in [-0.4, -0.2) is 28.1 Å². The van der Waals surface area contributed by atoms with Crippen LogP contribution in [0.2, 0.25) is 0 Å². The van der Waals surface area contributed by atoms with Crippen LogP contribution in [-0.2, 0) is 9.59 Å². The standard InChI is InChI=1S/C8H8ClNO3/c1-3-5(8(12)13)7(11)10-4(2)6(3)9/h6H,1-2H3,(H,12,13). The van der Waals surface area contributed by atoms with E-state index in [1.54, 1.807) is 6.92 Å². The molecule has 4 nitrogen and oxygen atoms in total. The lowest BCUT2D eigenvalue weighted by Crippen LogP contribution is -2.26. The SMILES string of the molecule is CC1=NC(=O)C(C(=O)O)=C(C)C1Cl. The number of carboxylic acid groups (broad SMARTS) is 1. The maximum Gasteiger partial charge on any atom is 0.341 e. The van der Waals surface area contributed by atoms with Gasteiger partial charge in [-0.2, -0.15) is 0 Å². The van der Waals surface area contributed by atoms with Crippen molar-refractivity contribution in [3.05, 3.63) is 11.1 Å². The second-order valence-corrected chi connectivity index (χ2v) is 3.22. The predicted molar refractivity (Wildman–Crippen MR) is 48.1 cm³/mol. The molecule has 0 aromatic rings. The minimum atomic E-state index is -1.27. The van der Waals surface area contributed by atoms with Crippen LogP contribution in [0, 0.1) is 0 Å². The summed E-state index contributed by atoms with van der Waals surface area (Å²) in [5.41, 5.74) is 0.478. The lowest BCUT2D eigenvalue weighted by atomic mass is 10.0. The van der Waals surface area contributed by atoms with Crippen molar-refractivity contribution in [2.75, 3.05) is 0 Å². The molecule has 1 heterocycles. The summed E-state index contributed by atoms with van der Waals surface area (Å²) in [7, 11) is 0. The van der Waals surface area contributed by atoms with Crippen LogP contribution in [0.15, 0.2) is 16.1 Å². The Kier molecular flexibility index (Phi) is 2.52. The molecule has 1 aliphatic heterocycles. The Hall–Kier alpha value is -1.16. The molecule has 0 aliphatic carbocycles. The van der Waals surface area contributed by atoms with Gasteiger partial charge in [0, 0.05) is 5.71 Å². The summed E-state index contributed by atoms with van der Waals surface area (Å²) in [6, 6.07) is 0. The van der Waals surface area contributed by atoms with Crippen molar-refractivity contribution in [3.63, 3.8) is 0 Å². The fraction of sp³-hybridized carbons (Fsp3) is 0.375. The second kappa shape index (κ2) is 3.30. The molecule has 0 bridgehead atoms. The first-order chi connectivity index (χ1) is 5.95. The molecule has 1 atom stereocenters. The third-order valence-electron chi connectivity index (χ3n) is 1.85. The molecular weight excluding hydrogens is 194 g/mol. The Morgan fingerprint density at radius 3 is 2.54 bits per heavy atom. The van der Waals surface area contributed by atoms with Crippen LogP contribution in [0.4, 0.5) is 0 Å². The third-order valence-corrected chi connectivity index (χ3v) is 2.49. The number of allylic oxidation sites excluding steroid dienone is 1. The van der Waals surface area contributed by atoms with Crippen LogP contribution >= 0.6 is 11.6 Å². The molecule has 70 valence electrons. The van der Waals surface area contributed by atoms with Gasteiger partial charge in [-0.3, -0.25) is 4.79 Å². The summed E-state index contributed by atoms with van der Waals surface area (Å²) in [6.07, 6.45) is 0. The zero-order valence-corrected chi connectivity index (χ0v) is 7.92. The Bertz CT molecular complexity index is 343. The van der Waals surface area contributed by atoms with Gasteiger partial charge in [-0.05, 0) is 19.4 Å². The van der Waals surface area contributed by atoms with E-state index in [9.17, 15) is 9.59 Å². The number of rotatable bonds is 1. The van der Waals surface area contributed by atoms with E-state index < -0.39 is 17.3 Å². The Morgan fingerprint density at radius 1 is 1.54 bits per heavy atom. The summed E-state index contributed by atoms with van der Waals surface area (Å²) in [5, 5.41) is 8.10. The van der Waals surface area contributed by atoms with Crippen molar-refractivity contribution in [2.45, 2.75) is 19.2 Å². The number of nitrogens with zero attached hydrogens (tertiary/aromatic N) is 1. The zero-order chi connectivity index (χ0) is 10.2. The fourth-order valence-electron chi connectivity index (χ4n) is 1.14. The number of carbonyl (C=O) groups is 2. The highest BCUT2D eigenvalue weighted by atomic mass is 35.5. The number of carboxylic acids is 1. The van der Waals surface area contributed by atoms with Crippen molar-refractivity contribution >= 4 is 29.2 Å². The average Bonchev–Trinajstić information content (AvgIpc) is 1.99. The number of aliphatic imine (C=N–C) groups is 1. The normalized spacial score (nSPS) is 23.2. The molecule has 0 aromatic carbocycles. The highest BCUT2D eigenvalue weighted by Gasteiger charge is 2.29. The van der Waals surface area contributed by atoms with E-state index in [4.69, 9.17) is 16.7 Å². The molecule has 1 N–H and O–H groups in total. The molecule has 0 fully saturated rings. The number of alkyl halides is 1. The molecule has 1 aliphatic rings. The highest BCUT2D eigenvalue weighted by molar-refractivity contribution is 6.38. The molecule has 0 spiro atoms. The van der Waals surface area contributed by atoms with E-state index in [0.717, 1.165) is 0 Å². The lowest BCUT2D eigenvalue weighted by Gasteiger charge is -2.16. The Labute approximate surface area is 79.9 Å². The maximum atomic E-state index is 11.1. The zero-order valence-electron chi connectivity index (χ0n) is 7.17. The third kappa shape index (κ3) is 1.62. The van der Waals surface area contributed by atoms with E-state index in [0.29, 0.717) is 11.3 Å². The van der Waals surface area contributed by atoms with Crippen molar-refractivity contribution in [1.82, 2.24) is 0 Å². The van der Waals surface area contributed by atoms with E-state index >= 15 is 0 Å². The van der Waals surface area contributed by atoms with Gasteiger partial charge < -0.3 is 5.11 Å². The number of carbonyl (C=O) groups excluding carboxylic acids is 1. The molecule has 0 saturated heterocycles. The van der Waals surface area contributed by atoms with Gasteiger partial charge in [0.15, 0.2) is 0 Å². The number of halogens is 1. The van der Waals surface area contributed by atoms with Crippen LogP contribution in [0.5, 0.6) is 0 Å². The topological polar surface area (TPSA) is 66.7 Å². The maximum absolute atomic E-state index is 11.1. The van der Waals surface area contributed by atoms with E-state index in [-0.39, 0.29) is 5.57 Å². The molecule has 13 heavy (non-hydrogen) atoms. The summed E-state index contributed by atoms with van der Waals surface area (Å²) in [6.45, 7) is 3.12. The van der Waals surface area contributed by atoms with Crippen LogP contribution in [0.3, 0.4) is 0 Å². The van der Waals surface area contributed by atoms with Crippen LogP contribution < -0.4 is 0 Å². The summed E-state index contributed by atoms with van der Waals surface area (Å²) >= 11 is 5.82. The van der Waals surface area contributed by atoms with E-state index in [1.807, 2.05) is 0 Å². The molecular formula is C8H8ClNO3. The van der Waals surface area contributed by atoms with Crippen LogP contribution in [0.1, 0.15) is 13.8 Å². The smallest absolute Gasteiger partial charge is 0.341 e. The van der Waals surface area contributed by atoms with Gasteiger partial charge in [-0.25, -0.2) is 9.79 Å². The molecule has 1 rings (SSSR count). The largest absolute Gasteiger partial charge is 0.477 e. The van der Waals surface area contributed by atoms with Crippen molar-refractivity contribution < 1.29 is 14.7 Å². The number of amides is 1. The second-order valence-electron chi connectivity index (χ2n) is 2.78. The van der Waals surface area contributed by atoms with E-state index in [1.165, 1.54) is 6.92 Å². The molecule has 1 amide bonds. The number of hydrogen-bond acceptors (Lipinski definition) is 2. The molecule has 0 radical (unpaired) electrons. The van der Waals surface area contributed by atoms with Gasteiger partial charge in [0.2, 0.25) is 0 Å². The van der Waals surface area contributed by atoms with Crippen molar-refractivity contribution in [1.29, 1.82) is 0 Å². The quantitative estimate of drug-likeness (QED) is 0.508. The van der Waals surface area contributed by atoms with Crippen molar-refractivity contribution in [2.24, 2.45) is 4.99 Å². The summed E-state index contributed by atoms with van der Waals surface area (Å²) in [4.78, 5) is 25.3. The van der Waals surface area contributed by atoms with Gasteiger partial charge >= 0.3 is 5.97 Å². The van der Waals surface area contributed by atoms with Gasteiger partial charge in [-0.1, -0.05) is 0 Å². The number of aliphatic carboxylic acids is 1. The monoisotopic (exact) mass is 201 g/mol. The molecule has 0 saturated carbocycles. The van der Waals surface area contributed by atoms with Crippen LogP contribution in [0.25, 0.3) is 0 Å². The minimum absolute atomic E-state index is 0.314. The van der Waals surface area contributed by atoms with E-state index in [2.05, 4.69) is 4.99 Å². The fourth-order valence-corrected chi connectivity index (χ4v) is 1.30. The number of hydrogen-bond donors (Lipinski definition) is 1. The Morgan fingerprint density at radius 2 is 2.08 bits per heavy atom. The first kappa shape index (κ1) is 9.92. The van der Waals surface area contributed by atoms with Crippen molar-refractivity contribution in [3.8, 4) is 0 Å². The Balaban J connectivity index is 3.21. The average molecular weight is 202 g/mol.